The first-order valence-electron chi connectivity index (χ1n) is 9.40. The Morgan fingerprint density at radius 3 is 2.31 bits per heavy atom. The lowest BCUT2D eigenvalue weighted by atomic mass is 10.2. The molecule has 1 aliphatic rings. The van der Waals surface area contributed by atoms with Gasteiger partial charge in [0, 0.05) is 31.6 Å². The van der Waals surface area contributed by atoms with Crippen LogP contribution in [0.25, 0.3) is 10.9 Å². The fraction of sp³-hybridized carbons (Fsp3) is 0.286. The zero-order valence-electron chi connectivity index (χ0n) is 16.4. The Kier molecular flexibility index (Phi) is 5.06. The van der Waals surface area contributed by atoms with Crippen LogP contribution in [0.5, 0.6) is 5.75 Å². The summed E-state index contributed by atoms with van der Waals surface area (Å²) in [4.78, 5) is 17.3. The van der Waals surface area contributed by atoms with Gasteiger partial charge in [0.05, 0.1) is 17.5 Å². The summed E-state index contributed by atoms with van der Waals surface area (Å²) in [7, 11) is -0.393. The van der Waals surface area contributed by atoms with E-state index < -0.39 is 10.0 Å². The lowest BCUT2D eigenvalue weighted by Crippen LogP contribution is -2.47. The normalized spacial score (nSPS) is 15.6. The van der Waals surface area contributed by atoms with E-state index in [1.165, 1.54) is 12.1 Å². The highest BCUT2D eigenvalue weighted by Gasteiger charge is 2.30. The second-order valence-electron chi connectivity index (χ2n) is 7.13. The molecule has 3 aromatic rings. The molecule has 0 spiro atoms. The molecule has 8 heteroatoms. The SMILES string of the molecule is COc1ccc2c(c1)cc(C(=O)N1CCN(C)CC1)n2S(=O)(=O)c1ccccc1. The molecule has 2 heterocycles. The van der Waals surface area contributed by atoms with Gasteiger partial charge in [-0.2, -0.15) is 0 Å². The van der Waals surface area contributed by atoms with Crippen LogP contribution in [-0.4, -0.2) is 68.4 Å². The number of benzene rings is 2. The first-order valence-corrected chi connectivity index (χ1v) is 10.8. The van der Waals surface area contributed by atoms with Crippen LogP contribution in [0.4, 0.5) is 0 Å². The number of hydrogen-bond acceptors (Lipinski definition) is 5. The molecule has 1 saturated heterocycles. The second-order valence-corrected chi connectivity index (χ2v) is 8.92. The average Bonchev–Trinajstić information content (AvgIpc) is 3.13. The molecule has 0 radical (unpaired) electrons. The van der Waals surface area contributed by atoms with Gasteiger partial charge in [-0.1, -0.05) is 18.2 Å². The fourth-order valence-corrected chi connectivity index (χ4v) is 5.10. The lowest BCUT2D eigenvalue weighted by molar-refractivity contribution is 0.0657. The number of aromatic nitrogens is 1. The molecule has 7 nitrogen and oxygen atoms in total. The van der Waals surface area contributed by atoms with E-state index in [-0.39, 0.29) is 16.5 Å². The summed E-state index contributed by atoms with van der Waals surface area (Å²) in [6, 6.07) is 14.9. The van der Waals surface area contributed by atoms with Crippen LogP contribution in [0.15, 0.2) is 59.5 Å². The Labute approximate surface area is 170 Å². The molecule has 2 aromatic carbocycles. The number of likely N-dealkylation sites (N-methyl/N-ethyl adjacent to an activating group) is 1. The van der Waals surface area contributed by atoms with Crippen molar-refractivity contribution in [3.05, 3.63) is 60.3 Å². The number of fused-ring (bicyclic) bond motifs is 1. The van der Waals surface area contributed by atoms with Gasteiger partial charge in [0.25, 0.3) is 15.9 Å². The summed E-state index contributed by atoms with van der Waals surface area (Å²) in [6.07, 6.45) is 0. The molecule has 0 aliphatic carbocycles. The third kappa shape index (κ3) is 3.49. The maximum Gasteiger partial charge on any atom is 0.271 e. The number of rotatable bonds is 4. The lowest BCUT2D eigenvalue weighted by Gasteiger charge is -2.32. The van der Waals surface area contributed by atoms with Gasteiger partial charge in [0.1, 0.15) is 11.4 Å². The number of methoxy groups -OCH3 is 1. The van der Waals surface area contributed by atoms with E-state index in [4.69, 9.17) is 4.74 Å². The Bertz CT molecular complexity index is 1150. The zero-order valence-corrected chi connectivity index (χ0v) is 17.2. The topological polar surface area (TPSA) is 71.8 Å². The van der Waals surface area contributed by atoms with Crippen LogP contribution in [0, 0.1) is 0 Å². The van der Waals surface area contributed by atoms with Crippen LogP contribution >= 0.6 is 0 Å². The minimum Gasteiger partial charge on any atom is -0.497 e. The Hall–Kier alpha value is -2.84. The highest BCUT2D eigenvalue weighted by Crippen LogP contribution is 2.29. The van der Waals surface area contributed by atoms with Crippen molar-refractivity contribution in [1.82, 2.24) is 13.8 Å². The van der Waals surface area contributed by atoms with Crippen LogP contribution in [-0.2, 0) is 10.0 Å². The van der Waals surface area contributed by atoms with Crippen molar-refractivity contribution in [3.63, 3.8) is 0 Å². The molecule has 0 atom stereocenters. The van der Waals surface area contributed by atoms with Crippen molar-refractivity contribution in [2.24, 2.45) is 0 Å². The monoisotopic (exact) mass is 413 g/mol. The quantitative estimate of drug-likeness (QED) is 0.656. The third-order valence-corrected chi connectivity index (χ3v) is 7.00. The van der Waals surface area contributed by atoms with Crippen molar-refractivity contribution in [2.75, 3.05) is 40.3 Å². The van der Waals surface area contributed by atoms with Gasteiger partial charge in [-0.15, -0.1) is 0 Å². The summed E-state index contributed by atoms with van der Waals surface area (Å²) in [5, 5.41) is 0.640. The van der Waals surface area contributed by atoms with E-state index in [2.05, 4.69) is 4.90 Å². The predicted octanol–water partition coefficient (Wildman–Crippen LogP) is 2.27. The van der Waals surface area contributed by atoms with Crippen molar-refractivity contribution in [2.45, 2.75) is 4.90 Å². The van der Waals surface area contributed by atoms with E-state index in [9.17, 15) is 13.2 Å². The Morgan fingerprint density at radius 2 is 1.66 bits per heavy atom. The smallest absolute Gasteiger partial charge is 0.271 e. The maximum absolute atomic E-state index is 13.5. The minimum absolute atomic E-state index is 0.140. The van der Waals surface area contributed by atoms with Gasteiger partial charge in [-0.05, 0) is 43.4 Å². The van der Waals surface area contributed by atoms with Crippen LogP contribution in [0.1, 0.15) is 10.5 Å². The zero-order chi connectivity index (χ0) is 20.6. The summed E-state index contributed by atoms with van der Waals surface area (Å²) in [5.74, 6) is 0.318. The summed E-state index contributed by atoms with van der Waals surface area (Å²) in [5.41, 5.74) is 0.591. The van der Waals surface area contributed by atoms with E-state index in [0.29, 0.717) is 29.7 Å². The highest BCUT2D eigenvalue weighted by molar-refractivity contribution is 7.90. The minimum atomic E-state index is -3.95. The van der Waals surface area contributed by atoms with Crippen molar-refractivity contribution >= 4 is 26.8 Å². The fourth-order valence-electron chi connectivity index (χ4n) is 3.57. The maximum atomic E-state index is 13.5. The average molecular weight is 413 g/mol. The molecule has 1 aliphatic heterocycles. The standard InChI is InChI=1S/C21H23N3O4S/c1-22-10-12-23(13-11-22)21(25)20-15-16-14-17(28-2)8-9-19(16)24(20)29(26,27)18-6-4-3-5-7-18/h3-9,14-15H,10-13H2,1-2H3. The number of piperazine rings is 1. The Balaban J connectivity index is 1.89. The largest absolute Gasteiger partial charge is 0.497 e. The molecule has 0 bridgehead atoms. The van der Waals surface area contributed by atoms with E-state index in [1.807, 2.05) is 7.05 Å². The van der Waals surface area contributed by atoms with Crippen molar-refractivity contribution in [1.29, 1.82) is 0 Å². The number of nitrogens with zero attached hydrogens (tertiary/aromatic N) is 3. The van der Waals surface area contributed by atoms with Gasteiger partial charge >= 0.3 is 0 Å². The molecule has 152 valence electrons. The van der Waals surface area contributed by atoms with Crippen molar-refractivity contribution in [3.8, 4) is 5.75 Å². The molecular formula is C21H23N3O4S. The molecule has 0 saturated carbocycles. The molecule has 1 aromatic heterocycles. The molecule has 1 fully saturated rings. The summed E-state index contributed by atoms with van der Waals surface area (Å²) >= 11 is 0. The number of amides is 1. The van der Waals surface area contributed by atoms with E-state index in [1.54, 1.807) is 54.5 Å². The molecule has 1 amide bonds. The molecule has 0 unspecified atom stereocenters. The number of ether oxygens (including phenoxy) is 1. The van der Waals surface area contributed by atoms with Crippen LogP contribution < -0.4 is 4.74 Å². The number of carbonyl (C=O) groups is 1. The van der Waals surface area contributed by atoms with Gasteiger partial charge < -0.3 is 14.5 Å². The summed E-state index contributed by atoms with van der Waals surface area (Å²) in [6.45, 7) is 2.63. The number of carbonyl (C=O) groups excluding carboxylic acids is 1. The van der Waals surface area contributed by atoms with E-state index >= 15 is 0 Å². The van der Waals surface area contributed by atoms with Crippen LogP contribution in [0.2, 0.25) is 0 Å². The predicted molar refractivity (Wildman–Crippen MR) is 111 cm³/mol. The van der Waals surface area contributed by atoms with Crippen LogP contribution in [0.3, 0.4) is 0 Å². The summed E-state index contributed by atoms with van der Waals surface area (Å²) < 4.78 is 33.4. The van der Waals surface area contributed by atoms with Crippen molar-refractivity contribution < 1.29 is 17.9 Å². The molecule has 29 heavy (non-hydrogen) atoms. The molecule has 0 N–H and O–H groups in total. The third-order valence-electron chi connectivity index (χ3n) is 5.26. The molecule has 4 rings (SSSR count). The molecular weight excluding hydrogens is 390 g/mol. The van der Waals surface area contributed by atoms with Gasteiger partial charge in [0.2, 0.25) is 0 Å². The first-order chi connectivity index (χ1) is 13.9. The highest BCUT2D eigenvalue weighted by atomic mass is 32.2. The second kappa shape index (κ2) is 7.53. The van der Waals surface area contributed by atoms with E-state index in [0.717, 1.165) is 17.1 Å². The first kappa shape index (κ1) is 19.5. The van der Waals surface area contributed by atoms with Gasteiger partial charge in [0.15, 0.2) is 0 Å². The van der Waals surface area contributed by atoms with Gasteiger partial charge in [-0.25, -0.2) is 12.4 Å². The number of hydrogen-bond donors (Lipinski definition) is 0. The Morgan fingerprint density at radius 1 is 0.966 bits per heavy atom. The van der Waals surface area contributed by atoms with Gasteiger partial charge in [-0.3, -0.25) is 4.79 Å².